The Morgan fingerprint density at radius 1 is 1.05 bits per heavy atom. The Bertz CT molecular complexity index is 563. The van der Waals surface area contributed by atoms with Gasteiger partial charge in [0.15, 0.2) is 0 Å². The lowest BCUT2D eigenvalue weighted by molar-refractivity contribution is 0.304. The molecule has 0 spiro atoms. The van der Waals surface area contributed by atoms with E-state index in [1.807, 2.05) is 6.07 Å². The Labute approximate surface area is 114 Å². The van der Waals surface area contributed by atoms with Gasteiger partial charge in [0.2, 0.25) is 0 Å². The fourth-order valence-corrected chi connectivity index (χ4v) is 2.63. The van der Waals surface area contributed by atoms with Crippen molar-refractivity contribution in [1.82, 2.24) is 5.32 Å². The van der Waals surface area contributed by atoms with Gasteiger partial charge in [0.1, 0.15) is 12.4 Å². The van der Waals surface area contributed by atoms with Gasteiger partial charge in [-0.25, -0.2) is 0 Å². The Morgan fingerprint density at radius 3 is 2.58 bits per heavy atom. The molecule has 0 saturated heterocycles. The molecule has 3 rings (SSSR count). The van der Waals surface area contributed by atoms with E-state index in [4.69, 9.17) is 4.74 Å². The third-order valence-electron chi connectivity index (χ3n) is 3.43. The predicted molar refractivity (Wildman–Crippen MR) is 78.4 cm³/mol. The molecule has 1 atom stereocenters. The molecule has 1 N–H and O–H groups in total. The van der Waals surface area contributed by atoms with Crippen LogP contribution in [-0.4, -0.2) is 12.6 Å². The van der Waals surface area contributed by atoms with E-state index >= 15 is 0 Å². The Morgan fingerprint density at radius 2 is 1.84 bits per heavy atom. The summed E-state index contributed by atoms with van der Waals surface area (Å²) in [5.41, 5.74) is 3.67. The summed E-state index contributed by atoms with van der Waals surface area (Å²) >= 11 is 0. The molecule has 0 fully saturated rings. The molecule has 2 nitrogen and oxygen atoms in total. The first-order valence-corrected chi connectivity index (χ1v) is 6.83. The van der Waals surface area contributed by atoms with E-state index in [1.54, 1.807) is 0 Å². The number of para-hydroxylation sites is 1. The van der Waals surface area contributed by atoms with Crippen LogP contribution in [-0.2, 0) is 0 Å². The van der Waals surface area contributed by atoms with E-state index in [2.05, 4.69) is 61.6 Å². The van der Waals surface area contributed by atoms with E-state index in [9.17, 15) is 0 Å². The maximum atomic E-state index is 5.94. The summed E-state index contributed by atoms with van der Waals surface area (Å²) in [7, 11) is 0. The average Bonchev–Trinajstić information content (AvgIpc) is 2.82. The first-order valence-electron chi connectivity index (χ1n) is 6.83. The number of rotatable bonds is 3. The topological polar surface area (TPSA) is 21.3 Å². The molecule has 19 heavy (non-hydrogen) atoms. The van der Waals surface area contributed by atoms with Gasteiger partial charge in [-0.3, -0.25) is 0 Å². The molecular weight excluding hydrogens is 234 g/mol. The van der Waals surface area contributed by atoms with Gasteiger partial charge in [-0.15, -0.1) is 0 Å². The van der Waals surface area contributed by atoms with Crippen molar-refractivity contribution in [2.24, 2.45) is 0 Å². The van der Waals surface area contributed by atoms with Gasteiger partial charge >= 0.3 is 0 Å². The number of fused-ring (bicyclic) bond motifs is 1. The van der Waals surface area contributed by atoms with Crippen molar-refractivity contribution in [3.05, 3.63) is 54.1 Å². The second kappa shape index (κ2) is 5.06. The van der Waals surface area contributed by atoms with Crippen LogP contribution in [0.1, 0.15) is 25.5 Å². The molecular formula is C17H19NO. The normalized spacial score (nSPS) is 17.3. The molecule has 2 aromatic carbocycles. The molecule has 0 radical (unpaired) electrons. The monoisotopic (exact) mass is 253 g/mol. The van der Waals surface area contributed by atoms with Gasteiger partial charge < -0.3 is 10.1 Å². The zero-order valence-corrected chi connectivity index (χ0v) is 11.4. The molecule has 2 aromatic rings. The second-order valence-electron chi connectivity index (χ2n) is 5.27. The van der Waals surface area contributed by atoms with Crippen molar-refractivity contribution >= 4 is 0 Å². The molecule has 0 aliphatic carbocycles. The summed E-state index contributed by atoms with van der Waals surface area (Å²) < 4.78 is 5.94. The molecule has 1 aliphatic heterocycles. The molecule has 0 aromatic heterocycles. The van der Waals surface area contributed by atoms with Gasteiger partial charge in [-0.05, 0) is 5.56 Å². The van der Waals surface area contributed by atoms with Crippen molar-refractivity contribution in [2.45, 2.75) is 25.9 Å². The average molecular weight is 253 g/mol. The minimum absolute atomic E-state index is 0.304. The van der Waals surface area contributed by atoms with Gasteiger partial charge in [0, 0.05) is 17.2 Å². The third kappa shape index (κ3) is 2.36. The standard InChI is InChI=1S/C17H19NO/c1-12(2)18-16-11-19-17-14(9-6-10-15(16)17)13-7-4-3-5-8-13/h3-10,12,16,18H,11H2,1-2H3. The lowest BCUT2D eigenvalue weighted by Gasteiger charge is -2.14. The van der Waals surface area contributed by atoms with Crippen molar-refractivity contribution < 1.29 is 4.74 Å². The van der Waals surface area contributed by atoms with E-state index in [-0.39, 0.29) is 0 Å². The van der Waals surface area contributed by atoms with Crippen LogP contribution < -0.4 is 10.1 Å². The smallest absolute Gasteiger partial charge is 0.132 e. The third-order valence-corrected chi connectivity index (χ3v) is 3.43. The minimum Gasteiger partial charge on any atom is -0.491 e. The first-order chi connectivity index (χ1) is 9.25. The van der Waals surface area contributed by atoms with Gasteiger partial charge in [0.25, 0.3) is 0 Å². The zero-order chi connectivity index (χ0) is 13.2. The molecule has 2 heteroatoms. The van der Waals surface area contributed by atoms with E-state index in [0.29, 0.717) is 12.1 Å². The first kappa shape index (κ1) is 12.2. The fourth-order valence-electron chi connectivity index (χ4n) is 2.63. The van der Waals surface area contributed by atoms with Crippen molar-refractivity contribution in [1.29, 1.82) is 0 Å². The molecule has 0 amide bonds. The number of hydrogen-bond acceptors (Lipinski definition) is 2. The number of hydrogen-bond donors (Lipinski definition) is 1. The summed E-state index contributed by atoms with van der Waals surface area (Å²) in [6, 6.07) is 17.6. The quantitative estimate of drug-likeness (QED) is 0.898. The molecule has 98 valence electrons. The summed E-state index contributed by atoms with van der Waals surface area (Å²) in [5.74, 6) is 1.03. The van der Waals surface area contributed by atoms with Crippen molar-refractivity contribution in [2.75, 3.05) is 6.61 Å². The Balaban J connectivity index is 2.00. The van der Waals surface area contributed by atoms with Crippen LogP contribution in [0.15, 0.2) is 48.5 Å². The van der Waals surface area contributed by atoms with Gasteiger partial charge in [-0.1, -0.05) is 62.4 Å². The van der Waals surface area contributed by atoms with E-state index in [0.717, 1.165) is 12.4 Å². The van der Waals surface area contributed by atoms with E-state index in [1.165, 1.54) is 16.7 Å². The Hall–Kier alpha value is -1.80. The predicted octanol–water partition coefficient (Wildman–Crippen LogP) is 3.79. The van der Waals surface area contributed by atoms with E-state index < -0.39 is 0 Å². The summed E-state index contributed by atoms with van der Waals surface area (Å²) in [6.07, 6.45) is 0. The van der Waals surface area contributed by atoms with Gasteiger partial charge in [-0.2, -0.15) is 0 Å². The maximum absolute atomic E-state index is 5.94. The molecule has 1 aliphatic rings. The minimum atomic E-state index is 0.304. The van der Waals surface area contributed by atoms with Crippen molar-refractivity contribution in [3.8, 4) is 16.9 Å². The maximum Gasteiger partial charge on any atom is 0.132 e. The highest BCUT2D eigenvalue weighted by Gasteiger charge is 2.26. The lowest BCUT2D eigenvalue weighted by Crippen LogP contribution is -2.28. The zero-order valence-electron chi connectivity index (χ0n) is 11.4. The van der Waals surface area contributed by atoms with Crippen LogP contribution in [0.5, 0.6) is 5.75 Å². The van der Waals surface area contributed by atoms with Crippen LogP contribution in [0.25, 0.3) is 11.1 Å². The lowest BCUT2D eigenvalue weighted by atomic mass is 9.99. The largest absolute Gasteiger partial charge is 0.491 e. The molecule has 0 saturated carbocycles. The van der Waals surface area contributed by atoms with Crippen molar-refractivity contribution in [3.63, 3.8) is 0 Å². The Kier molecular flexibility index (Phi) is 3.26. The fraction of sp³-hybridized carbons (Fsp3) is 0.294. The van der Waals surface area contributed by atoms with Crippen LogP contribution in [0.4, 0.5) is 0 Å². The highest BCUT2D eigenvalue weighted by Crippen LogP contribution is 2.40. The molecule has 0 bridgehead atoms. The highest BCUT2D eigenvalue weighted by atomic mass is 16.5. The molecule has 1 unspecified atom stereocenters. The van der Waals surface area contributed by atoms with Crippen LogP contribution in [0, 0.1) is 0 Å². The number of benzene rings is 2. The highest BCUT2D eigenvalue weighted by molar-refractivity contribution is 5.73. The number of nitrogens with one attached hydrogen (secondary N) is 1. The summed E-state index contributed by atoms with van der Waals surface area (Å²) in [5, 5.41) is 3.55. The van der Waals surface area contributed by atoms with Gasteiger partial charge in [0.05, 0.1) is 6.04 Å². The number of ether oxygens (including phenoxy) is 1. The van der Waals surface area contributed by atoms with Crippen LogP contribution in [0.3, 0.4) is 0 Å². The second-order valence-corrected chi connectivity index (χ2v) is 5.27. The summed E-state index contributed by atoms with van der Waals surface area (Å²) in [4.78, 5) is 0. The molecule has 1 heterocycles. The SMILES string of the molecule is CC(C)NC1COc2c(-c3ccccc3)cccc21. The van der Waals surface area contributed by atoms with Crippen LogP contribution >= 0.6 is 0 Å². The summed E-state index contributed by atoms with van der Waals surface area (Å²) in [6.45, 7) is 5.05. The van der Waals surface area contributed by atoms with Crippen LogP contribution in [0.2, 0.25) is 0 Å².